The lowest BCUT2D eigenvalue weighted by Gasteiger charge is -2.23. The molecule has 0 saturated carbocycles. The summed E-state index contributed by atoms with van der Waals surface area (Å²) in [5.41, 5.74) is 0.0988. The maximum absolute atomic E-state index is 13.1. The number of hydrogen-bond acceptors (Lipinski definition) is 3. The van der Waals surface area contributed by atoms with Crippen molar-refractivity contribution in [2.75, 3.05) is 6.54 Å². The molecule has 0 fully saturated rings. The number of carboxylic acids is 1. The normalized spacial score (nSPS) is 11.9. The van der Waals surface area contributed by atoms with Crippen LogP contribution in [0.5, 0.6) is 5.75 Å². The van der Waals surface area contributed by atoms with Crippen molar-refractivity contribution in [2.45, 2.75) is 13.0 Å². The summed E-state index contributed by atoms with van der Waals surface area (Å²) in [5, 5.41) is 18.0. The molecule has 0 saturated heterocycles. The molecule has 92 valence electrons. The fourth-order valence-electron chi connectivity index (χ4n) is 1.49. The molecule has 0 radical (unpaired) electrons. The van der Waals surface area contributed by atoms with Gasteiger partial charge in [0.2, 0.25) is 6.41 Å². The molecule has 1 unspecified atom stereocenters. The monoisotopic (exact) mass is 241 g/mol. The van der Waals surface area contributed by atoms with Crippen LogP contribution in [0, 0.1) is 5.82 Å². The number of rotatable bonds is 5. The first-order valence-electron chi connectivity index (χ1n) is 4.93. The SMILES string of the molecule is CCN(C=O)C(C(=O)O)c1ccc(O)c(F)c1. The van der Waals surface area contributed by atoms with Crippen LogP contribution in [0.3, 0.4) is 0 Å². The number of likely N-dealkylation sites (N-methyl/N-ethyl adjacent to an activating group) is 1. The summed E-state index contributed by atoms with van der Waals surface area (Å²) >= 11 is 0. The molecular formula is C11H12FNO4. The molecule has 6 heteroatoms. The van der Waals surface area contributed by atoms with Crippen molar-refractivity contribution in [1.29, 1.82) is 0 Å². The first-order chi connectivity index (χ1) is 8.01. The molecule has 1 atom stereocenters. The van der Waals surface area contributed by atoms with E-state index in [1.54, 1.807) is 6.92 Å². The number of aliphatic carboxylic acids is 1. The van der Waals surface area contributed by atoms with Crippen LogP contribution in [-0.2, 0) is 9.59 Å². The molecule has 5 nitrogen and oxygen atoms in total. The van der Waals surface area contributed by atoms with E-state index in [1.165, 1.54) is 6.07 Å². The van der Waals surface area contributed by atoms with E-state index in [1.807, 2.05) is 0 Å². The Morgan fingerprint density at radius 3 is 2.65 bits per heavy atom. The van der Waals surface area contributed by atoms with Crippen molar-refractivity contribution in [1.82, 2.24) is 4.90 Å². The fourth-order valence-corrected chi connectivity index (χ4v) is 1.49. The minimum atomic E-state index is -1.26. The molecule has 1 rings (SSSR count). The number of benzene rings is 1. The molecule has 1 aromatic rings. The van der Waals surface area contributed by atoms with Gasteiger partial charge >= 0.3 is 5.97 Å². The topological polar surface area (TPSA) is 77.8 Å². The highest BCUT2D eigenvalue weighted by molar-refractivity contribution is 5.78. The van der Waals surface area contributed by atoms with Crippen LogP contribution >= 0.6 is 0 Å². The molecule has 0 aliphatic rings. The standard InChI is InChI=1S/C11H12FNO4/c1-2-13(6-14)10(11(16)17)7-3-4-9(15)8(12)5-7/h3-6,10,15H,2H2,1H3,(H,16,17). The van der Waals surface area contributed by atoms with E-state index in [0.29, 0.717) is 6.41 Å². The van der Waals surface area contributed by atoms with E-state index >= 15 is 0 Å². The Labute approximate surface area is 97.1 Å². The van der Waals surface area contributed by atoms with Crippen LogP contribution in [0.4, 0.5) is 4.39 Å². The van der Waals surface area contributed by atoms with Crippen LogP contribution in [0.1, 0.15) is 18.5 Å². The van der Waals surface area contributed by atoms with E-state index in [0.717, 1.165) is 17.0 Å². The lowest BCUT2D eigenvalue weighted by molar-refractivity contribution is -0.146. The largest absolute Gasteiger partial charge is 0.505 e. The lowest BCUT2D eigenvalue weighted by Crippen LogP contribution is -2.32. The summed E-state index contributed by atoms with van der Waals surface area (Å²) in [6.45, 7) is 1.80. The molecule has 0 aromatic heterocycles. The molecule has 1 aromatic carbocycles. The average molecular weight is 241 g/mol. The van der Waals surface area contributed by atoms with Crippen LogP contribution in [0.25, 0.3) is 0 Å². The van der Waals surface area contributed by atoms with Gasteiger partial charge in [0.05, 0.1) is 0 Å². The Hall–Kier alpha value is -2.11. The van der Waals surface area contributed by atoms with Crippen molar-refractivity contribution >= 4 is 12.4 Å². The molecule has 0 spiro atoms. The minimum Gasteiger partial charge on any atom is -0.505 e. The zero-order chi connectivity index (χ0) is 13.0. The van der Waals surface area contributed by atoms with Gasteiger partial charge < -0.3 is 15.1 Å². The number of nitrogens with zero attached hydrogens (tertiary/aromatic N) is 1. The second-order valence-electron chi connectivity index (χ2n) is 3.39. The number of amides is 1. The van der Waals surface area contributed by atoms with Crippen LogP contribution < -0.4 is 0 Å². The summed E-state index contributed by atoms with van der Waals surface area (Å²) in [7, 11) is 0. The minimum absolute atomic E-state index is 0.0988. The van der Waals surface area contributed by atoms with Crippen LogP contribution in [0.2, 0.25) is 0 Å². The third kappa shape index (κ3) is 2.72. The molecule has 0 aliphatic carbocycles. The van der Waals surface area contributed by atoms with Gasteiger partial charge in [-0.1, -0.05) is 6.07 Å². The molecule has 2 N–H and O–H groups in total. The number of carboxylic acid groups (broad SMARTS) is 1. The zero-order valence-electron chi connectivity index (χ0n) is 9.13. The van der Waals surface area contributed by atoms with Gasteiger partial charge in [-0.15, -0.1) is 0 Å². The highest BCUT2D eigenvalue weighted by atomic mass is 19.1. The van der Waals surface area contributed by atoms with Crippen molar-refractivity contribution in [2.24, 2.45) is 0 Å². The summed E-state index contributed by atoms with van der Waals surface area (Å²) in [4.78, 5) is 22.8. The average Bonchev–Trinajstić information content (AvgIpc) is 2.29. The zero-order valence-corrected chi connectivity index (χ0v) is 9.13. The van der Waals surface area contributed by atoms with Gasteiger partial charge in [0.15, 0.2) is 17.6 Å². The first kappa shape index (κ1) is 13.0. The lowest BCUT2D eigenvalue weighted by atomic mass is 10.1. The number of carbonyl (C=O) groups excluding carboxylic acids is 1. The number of halogens is 1. The highest BCUT2D eigenvalue weighted by Gasteiger charge is 2.26. The van der Waals surface area contributed by atoms with Crippen LogP contribution in [0.15, 0.2) is 18.2 Å². The van der Waals surface area contributed by atoms with Gasteiger partial charge in [-0.2, -0.15) is 0 Å². The summed E-state index contributed by atoms with van der Waals surface area (Å²) in [6, 6.07) is 1.97. The van der Waals surface area contributed by atoms with E-state index < -0.39 is 23.6 Å². The Morgan fingerprint density at radius 2 is 2.24 bits per heavy atom. The second-order valence-corrected chi connectivity index (χ2v) is 3.39. The predicted octanol–water partition coefficient (Wildman–Crippen LogP) is 1.14. The Bertz CT molecular complexity index is 435. The number of carbonyl (C=O) groups is 2. The molecule has 17 heavy (non-hydrogen) atoms. The van der Waals surface area contributed by atoms with E-state index in [9.17, 15) is 14.0 Å². The first-order valence-corrected chi connectivity index (χ1v) is 4.93. The van der Waals surface area contributed by atoms with Crippen molar-refractivity contribution in [3.8, 4) is 5.75 Å². The number of phenolic OH excluding ortho intramolecular Hbond substituents is 1. The molecule has 1 amide bonds. The maximum atomic E-state index is 13.1. The summed E-state index contributed by atoms with van der Waals surface area (Å²) in [5.74, 6) is -2.74. The Balaban J connectivity index is 3.18. The van der Waals surface area contributed by atoms with Gasteiger partial charge in [-0.25, -0.2) is 9.18 Å². The van der Waals surface area contributed by atoms with Crippen molar-refractivity contribution < 1.29 is 24.2 Å². The number of aromatic hydroxyl groups is 1. The van der Waals surface area contributed by atoms with Crippen molar-refractivity contribution in [3.05, 3.63) is 29.6 Å². The van der Waals surface area contributed by atoms with Crippen molar-refractivity contribution in [3.63, 3.8) is 0 Å². The third-order valence-corrected chi connectivity index (χ3v) is 2.35. The number of hydrogen-bond donors (Lipinski definition) is 2. The Kier molecular flexibility index (Phi) is 4.03. The van der Waals surface area contributed by atoms with Crippen LogP contribution in [-0.4, -0.2) is 34.0 Å². The van der Waals surface area contributed by atoms with Gasteiger partial charge in [0.1, 0.15) is 0 Å². The third-order valence-electron chi connectivity index (χ3n) is 2.35. The molecule has 0 bridgehead atoms. The van der Waals surface area contributed by atoms with E-state index in [4.69, 9.17) is 10.2 Å². The highest BCUT2D eigenvalue weighted by Crippen LogP contribution is 2.24. The summed E-state index contributed by atoms with van der Waals surface area (Å²) < 4.78 is 13.1. The maximum Gasteiger partial charge on any atom is 0.331 e. The molecule has 0 aliphatic heterocycles. The smallest absolute Gasteiger partial charge is 0.331 e. The van der Waals surface area contributed by atoms with Gasteiger partial charge in [-0.3, -0.25) is 4.79 Å². The Morgan fingerprint density at radius 1 is 1.59 bits per heavy atom. The quantitative estimate of drug-likeness (QED) is 0.757. The van der Waals surface area contributed by atoms with E-state index in [-0.39, 0.29) is 12.1 Å². The number of phenols is 1. The van der Waals surface area contributed by atoms with Gasteiger partial charge in [0.25, 0.3) is 0 Å². The van der Waals surface area contributed by atoms with E-state index in [2.05, 4.69) is 0 Å². The predicted molar refractivity (Wildman–Crippen MR) is 56.9 cm³/mol. The second kappa shape index (κ2) is 5.29. The summed E-state index contributed by atoms with van der Waals surface area (Å²) in [6.07, 6.45) is 0.392. The fraction of sp³-hybridized carbons (Fsp3) is 0.273. The molecule has 0 heterocycles. The van der Waals surface area contributed by atoms with Gasteiger partial charge in [0, 0.05) is 6.54 Å². The molecular weight excluding hydrogens is 229 g/mol. The van der Waals surface area contributed by atoms with Gasteiger partial charge in [-0.05, 0) is 24.6 Å².